The van der Waals surface area contributed by atoms with Crippen molar-refractivity contribution in [2.75, 3.05) is 27.3 Å². The minimum Gasteiger partial charge on any atom is -0.493 e. The summed E-state index contributed by atoms with van der Waals surface area (Å²) in [5, 5.41) is 9.06. The van der Waals surface area contributed by atoms with E-state index in [-0.39, 0.29) is 30.2 Å². The van der Waals surface area contributed by atoms with E-state index in [0.717, 1.165) is 6.07 Å². The quantitative estimate of drug-likeness (QED) is 0.893. The molecule has 8 heteroatoms. The number of hydrogen-bond acceptors (Lipinski definition) is 5. The fourth-order valence-corrected chi connectivity index (χ4v) is 2.44. The smallest absolute Gasteiger partial charge is 0.334 e. The number of carboxylic acid groups (broad SMARTS) is 1. The standard InChI is InChI=1S/C15H18FNO6/c1-8-6-17(7-13(23-8)15(19)20)14(18)9-4-11(21-2)12(22-3)5-10(9)16/h4-5,8,13H,6-7H2,1-3H3,(H,19,20)/t8-,13?/m1/s1. The molecule has 2 rings (SSSR count). The van der Waals surface area contributed by atoms with Gasteiger partial charge < -0.3 is 24.2 Å². The molecule has 23 heavy (non-hydrogen) atoms. The van der Waals surface area contributed by atoms with Crippen molar-refractivity contribution in [3.63, 3.8) is 0 Å². The molecule has 1 saturated heterocycles. The lowest BCUT2D eigenvalue weighted by Crippen LogP contribution is -2.51. The number of carboxylic acids is 1. The maximum atomic E-state index is 14.2. The number of amides is 1. The molecule has 1 unspecified atom stereocenters. The Labute approximate surface area is 132 Å². The van der Waals surface area contributed by atoms with Crippen LogP contribution in [0.4, 0.5) is 4.39 Å². The van der Waals surface area contributed by atoms with E-state index in [2.05, 4.69) is 0 Å². The Bertz CT molecular complexity index is 620. The molecule has 0 radical (unpaired) electrons. The third-order valence-corrected chi connectivity index (χ3v) is 3.53. The predicted molar refractivity (Wildman–Crippen MR) is 77.4 cm³/mol. The predicted octanol–water partition coefficient (Wildman–Crippen LogP) is 1.16. The van der Waals surface area contributed by atoms with Crippen LogP contribution in [0.5, 0.6) is 11.5 Å². The zero-order valence-electron chi connectivity index (χ0n) is 13.0. The van der Waals surface area contributed by atoms with E-state index in [1.165, 1.54) is 25.2 Å². The van der Waals surface area contributed by atoms with Crippen LogP contribution in [0.15, 0.2) is 12.1 Å². The third kappa shape index (κ3) is 3.53. The van der Waals surface area contributed by atoms with Crippen LogP contribution in [0.3, 0.4) is 0 Å². The third-order valence-electron chi connectivity index (χ3n) is 3.53. The molecular weight excluding hydrogens is 309 g/mol. The molecule has 0 saturated carbocycles. The molecule has 0 spiro atoms. The lowest BCUT2D eigenvalue weighted by atomic mass is 10.1. The fourth-order valence-electron chi connectivity index (χ4n) is 2.44. The van der Waals surface area contributed by atoms with Gasteiger partial charge in [-0.2, -0.15) is 0 Å². The first-order chi connectivity index (χ1) is 10.9. The molecule has 1 aliphatic heterocycles. The summed E-state index contributed by atoms with van der Waals surface area (Å²) in [5.41, 5.74) is -0.208. The number of hydrogen-bond donors (Lipinski definition) is 1. The summed E-state index contributed by atoms with van der Waals surface area (Å²) in [7, 11) is 2.74. The number of aliphatic carboxylic acids is 1. The van der Waals surface area contributed by atoms with Gasteiger partial charge in [0.2, 0.25) is 0 Å². The Balaban J connectivity index is 2.30. The van der Waals surface area contributed by atoms with Crippen molar-refractivity contribution in [2.24, 2.45) is 0 Å². The summed E-state index contributed by atoms with van der Waals surface area (Å²) in [6.07, 6.45) is -1.59. The van der Waals surface area contributed by atoms with Gasteiger partial charge >= 0.3 is 5.97 Å². The number of ether oxygens (including phenoxy) is 3. The Morgan fingerprint density at radius 3 is 2.43 bits per heavy atom. The minimum absolute atomic E-state index is 0.147. The number of halogens is 1. The van der Waals surface area contributed by atoms with Crippen molar-refractivity contribution >= 4 is 11.9 Å². The molecule has 1 aromatic carbocycles. The van der Waals surface area contributed by atoms with Gasteiger partial charge in [0, 0.05) is 12.6 Å². The second-order valence-corrected chi connectivity index (χ2v) is 5.17. The normalized spacial score (nSPS) is 21.0. The molecule has 0 aromatic heterocycles. The van der Waals surface area contributed by atoms with Gasteiger partial charge in [-0.15, -0.1) is 0 Å². The lowest BCUT2D eigenvalue weighted by molar-refractivity contribution is -0.160. The van der Waals surface area contributed by atoms with Crippen LogP contribution in [0.1, 0.15) is 17.3 Å². The zero-order valence-corrected chi connectivity index (χ0v) is 13.0. The number of carbonyl (C=O) groups excluding carboxylic acids is 1. The zero-order chi connectivity index (χ0) is 17.1. The number of rotatable bonds is 4. The highest BCUT2D eigenvalue weighted by molar-refractivity contribution is 5.95. The Morgan fingerprint density at radius 1 is 1.26 bits per heavy atom. The van der Waals surface area contributed by atoms with Gasteiger partial charge in [-0.25, -0.2) is 9.18 Å². The average molecular weight is 327 g/mol. The first-order valence-corrected chi connectivity index (χ1v) is 6.96. The van der Waals surface area contributed by atoms with Crippen LogP contribution in [0.2, 0.25) is 0 Å². The number of nitrogens with zero attached hydrogens (tertiary/aromatic N) is 1. The molecule has 1 amide bonds. The van der Waals surface area contributed by atoms with E-state index in [1.807, 2.05) is 0 Å². The van der Waals surface area contributed by atoms with Gasteiger partial charge in [0.15, 0.2) is 17.6 Å². The lowest BCUT2D eigenvalue weighted by Gasteiger charge is -2.35. The molecule has 0 bridgehead atoms. The molecular formula is C15H18FNO6. The summed E-state index contributed by atoms with van der Waals surface area (Å²) >= 11 is 0. The number of morpholine rings is 1. The Morgan fingerprint density at radius 2 is 1.87 bits per heavy atom. The highest BCUT2D eigenvalue weighted by Crippen LogP contribution is 2.30. The van der Waals surface area contributed by atoms with Crippen molar-refractivity contribution in [1.29, 1.82) is 0 Å². The molecule has 1 aromatic rings. The molecule has 1 aliphatic rings. The summed E-state index contributed by atoms with van der Waals surface area (Å²) in [6, 6.07) is 2.30. The molecule has 1 heterocycles. The largest absolute Gasteiger partial charge is 0.493 e. The SMILES string of the molecule is COc1cc(F)c(C(=O)N2CC(C(=O)O)O[C@H](C)C2)cc1OC. The first-order valence-electron chi connectivity index (χ1n) is 6.96. The second-order valence-electron chi connectivity index (χ2n) is 5.17. The van der Waals surface area contributed by atoms with Crippen molar-refractivity contribution in [2.45, 2.75) is 19.1 Å². The summed E-state index contributed by atoms with van der Waals surface area (Å²) in [6.45, 7) is 1.68. The molecule has 0 aliphatic carbocycles. The van der Waals surface area contributed by atoms with Crippen LogP contribution in [0, 0.1) is 5.82 Å². The van der Waals surface area contributed by atoms with E-state index < -0.39 is 29.9 Å². The number of methoxy groups -OCH3 is 2. The molecule has 1 N–H and O–H groups in total. The van der Waals surface area contributed by atoms with E-state index in [9.17, 15) is 14.0 Å². The van der Waals surface area contributed by atoms with Crippen LogP contribution in [-0.4, -0.2) is 61.4 Å². The van der Waals surface area contributed by atoms with Crippen molar-refractivity contribution in [1.82, 2.24) is 4.90 Å². The number of carbonyl (C=O) groups is 2. The van der Waals surface area contributed by atoms with Gasteiger partial charge in [0.1, 0.15) is 5.82 Å². The van der Waals surface area contributed by atoms with E-state index in [0.29, 0.717) is 0 Å². The van der Waals surface area contributed by atoms with Crippen molar-refractivity contribution < 1.29 is 33.3 Å². The van der Waals surface area contributed by atoms with Crippen LogP contribution in [0.25, 0.3) is 0 Å². The van der Waals surface area contributed by atoms with Gasteiger partial charge in [0.05, 0.1) is 32.4 Å². The average Bonchev–Trinajstić information content (AvgIpc) is 2.53. The van der Waals surface area contributed by atoms with Crippen molar-refractivity contribution in [3.8, 4) is 11.5 Å². The van der Waals surface area contributed by atoms with Crippen LogP contribution >= 0.6 is 0 Å². The highest BCUT2D eigenvalue weighted by atomic mass is 19.1. The van der Waals surface area contributed by atoms with Crippen LogP contribution < -0.4 is 9.47 Å². The number of benzene rings is 1. The van der Waals surface area contributed by atoms with Gasteiger partial charge in [-0.05, 0) is 13.0 Å². The fraction of sp³-hybridized carbons (Fsp3) is 0.467. The minimum atomic E-state index is -1.16. The summed E-state index contributed by atoms with van der Waals surface area (Å²) in [4.78, 5) is 24.9. The Kier molecular flexibility index (Phi) is 5.05. The second kappa shape index (κ2) is 6.82. The molecule has 7 nitrogen and oxygen atoms in total. The topological polar surface area (TPSA) is 85.3 Å². The monoisotopic (exact) mass is 327 g/mol. The first kappa shape index (κ1) is 17.0. The highest BCUT2D eigenvalue weighted by Gasteiger charge is 2.34. The maximum absolute atomic E-state index is 14.2. The van der Waals surface area contributed by atoms with E-state index >= 15 is 0 Å². The summed E-state index contributed by atoms with van der Waals surface area (Å²) in [5.74, 6) is -2.17. The van der Waals surface area contributed by atoms with E-state index in [4.69, 9.17) is 19.3 Å². The van der Waals surface area contributed by atoms with Gasteiger partial charge in [0.25, 0.3) is 5.91 Å². The van der Waals surface area contributed by atoms with Gasteiger partial charge in [-0.1, -0.05) is 0 Å². The molecule has 126 valence electrons. The Hall–Kier alpha value is -2.35. The van der Waals surface area contributed by atoms with Crippen LogP contribution in [-0.2, 0) is 9.53 Å². The maximum Gasteiger partial charge on any atom is 0.334 e. The molecule has 1 fully saturated rings. The van der Waals surface area contributed by atoms with Crippen molar-refractivity contribution in [3.05, 3.63) is 23.5 Å². The van der Waals surface area contributed by atoms with E-state index in [1.54, 1.807) is 6.92 Å². The molecule has 2 atom stereocenters. The summed E-state index contributed by atoms with van der Waals surface area (Å²) < 4.78 is 29.5. The van der Waals surface area contributed by atoms with Gasteiger partial charge in [-0.3, -0.25) is 4.79 Å².